The van der Waals surface area contributed by atoms with Gasteiger partial charge >= 0.3 is 6.03 Å². The summed E-state index contributed by atoms with van der Waals surface area (Å²) in [6.45, 7) is 4.75. The van der Waals surface area contributed by atoms with Crippen LogP contribution in [0.1, 0.15) is 19.8 Å². The van der Waals surface area contributed by atoms with Crippen LogP contribution >= 0.6 is 0 Å². The molecular weight excluding hydrogens is 254 g/mol. The first-order chi connectivity index (χ1) is 9.70. The fraction of sp³-hybridized carbons (Fsp3) is 0.533. The summed E-state index contributed by atoms with van der Waals surface area (Å²) in [6, 6.07) is 7.38. The van der Waals surface area contributed by atoms with Crippen LogP contribution < -0.4 is 15.8 Å². The van der Waals surface area contributed by atoms with Crippen molar-refractivity contribution in [2.75, 3.05) is 31.6 Å². The molecule has 0 aromatic heterocycles. The van der Waals surface area contributed by atoms with Crippen LogP contribution in [-0.4, -0.2) is 37.2 Å². The molecular formula is C15H23N3O2. The van der Waals surface area contributed by atoms with Crippen molar-refractivity contribution in [3.8, 4) is 5.75 Å². The molecule has 5 nitrogen and oxygen atoms in total. The predicted octanol–water partition coefficient (Wildman–Crippen LogP) is 2.29. The van der Waals surface area contributed by atoms with Gasteiger partial charge in [-0.05, 0) is 30.9 Å². The smallest absolute Gasteiger partial charge is 0.321 e. The molecule has 0 aliphatic carbocycles. The predicted molar refractivity (Wildman–Crippen MR) is 80.0 cm³/mol. The SMILES string of the molecule is CC1CCN(C(=O)Nc2ccccc2OCCN)CC1. The van der Waals surface area contributed by atoms with Gasteiger partial charge in [0.05, 0.1) is 5.69 Å². The number of piperidine rings is 1. The summed E-state index contributed by atoms with van der Waals surface area (Å²) in [5, 5.41) is 2.93. The van der Waals surface area contributed by atoms with Gasteiger partial charge in [0.2, 0.25) is 0 Å². The first-order valence-electron chi connectivity index (χ1n) is 7.18. The summed E-state index contributed by atoms with van der Waals surface area (Å²) in [7, 11) is 0. The zero-order chi connectivity index (χ0) is 14.4. The number of hydrogen-bond acceptors (Lipinski definition) is 3. The molecule has 0 atom stereocenters. The van der Waals surface area contributed by atoms with Crippen LogP contribution in [0.5, 0.6) is 5.75 Å². The van der Waals surface area contributed by atoms with Crippen LogP contribution in [0.3, 0.4) is 0 Å². The van der Waals surface area contributed by atoms with E-state index in [4.69, 9.17) is 10.5 Å². The lowest BCUT2D eigenvalue weighted by Gasteiger charge is -2.30. The fourth-order valence-electron chi connectivity index (χ4n) is 2.27. The number of nitrogens with two attached hydrogens (primary N) is 1. The number of carbonyl (C=O) groups excluding carboxylic acids is 1. The molecule has 3 N–H and O–H groups in total. The first kappa shape index (κ1) is 14.7. The number of rotatable bonds is 4. The van der Waals surface area contributed by atoms with Gasteiger partial charge in [0.15, 0.2) is 0 Å². The van der Waals surface area contributed by atoms with E-state index in [1.807, 2.05) is 29.2 Å². The highest BCUT2D eigenvalue weighted by Crippen LogP contribution is 2.24. The molecule has 1 saturated heterocycles. The van der Waals surface area contributed by atoms with E-state index in [1.54, 1.807) is 0 Å². The van der Waals surface area contributed by atoms with Crippen molar-refractivity contribution in [1.29, 1.82) is 0 Å². The molecule has 0 unspecified atom stereocenters. The Labute approximate surface area is 120 Å². The number of anilines is 1. The third-order valence-electron chi connectivity index (χ3n) is 3.57. The molecule has 0 saturated carbocycles. The first-order valence-corrected chi connectivity index (χ1v) is 7.18. The van der Waals surface area contributed by atoms with E-state index in [1.165, 1.54) is 0 Å². The molecule has 1 aromatic carbocycles. The largest absolute Gasteiger partial charge is 0.490 e. The lowest BCUT2D eigenvalue weighted by molar-refractivity contribution is 0.186. The molecule has 1 fully saturated rings. The molecule has 2 amide bonds. The zero-order valence-electron chi connectivity index (χ0n) is 12.0. The summed E-state index contributed by atoms with van der Waals surface area (Å²) >= 11 is 0. The Morgan fingerprint density at radius 1 is 1.40 bits per heavy atom. The van der Waals surface area contributed by atoms with Gasteiger partial charge < -0.3 is 20.7 Å². The van der Waals surface area contributed by atoms with Crippen LogP contribution in [0.2, 0.25) is 0 Å². The highest BCUT2D eigenvalue weighted by atomic mass is 16.5. The zero-order valence-corrected chi connectivity index (χ0v) is 12.0. The third kappa shape index (κ3) is 3.87. The summed E-state index contributed by atoms with van der Waals surface area (Å²) < 4.78 is 5.53. The number of likely N-dealkylation sites (tertiary alicyclic amines) is 1. The number of urea groups is 1. The number of benzene rings is 1. The van der Waals surface area contributed by atoms with E-state index < -0.39 is 0 Å². The Morgan fingerprint density at radius 2 is 2.10 bits per heavy atom. The number of ether oxygens (including phenoxy) is 1. The lowest BCUT2D eigenvalue weighted by atomic mass is 10.00. The van der Waals surface area contributed by atoms with E-state index in [9.17, 15) is 4.79 Å². The summed E-state index contributed by atoms with van der Waals surface area (Å²) in [5.74, 6) is 1.37. The number of hydrogen-bond donors (Lipinski definition) is 2. The number of carbonyl (C=O) groups is 1. The van der Waals surface area contributed by atoms with Crippen molar-refractivity contribution < 1.29 is 9.53 Å². The summed E-state index contributed by atoms with van der Waals surface area (Å²) in [6.07, 6.45) is 2.14. The van der Waals surface area contributed by atoms with Crippen molar-refractivity contribution in [1.82, 2.24) is 4.90 Å². The maximum atomic E-state index is 12.2. The Balaban J connectivity index is 1.96. The Bertz CT molecular complexity index is 442. The average molecular weight is 277 g/mol. The number of nitrogens with zero attached hydrogens (tertiary/aromatic N) is 1. The maximum absolute atomic E-state index is 12.2. The van der Waals surface area contributed by atoms with Crippen LogP contribution in [0.4, 0.5) is 10.5 Å². The van der Waals surface area contributed by atoms with Gasteiger partial charge in [0, 0.05) is 19.6 Å². The van der Waals surface area contributed by atoms with Crippen molar-refractivity contribution >= 4 is 11.7 Å². The molecule has 1 aromatic rings. The van der Waals surface area contributed by atoms with Gasteiger partial charge in [-0.1, -0.05) is 19.1 Å². The fourth-order valence-corrected chi connectivity index (χ4v) is 2.27. The molecule has 20 heavy (non-hydrogen) atoms. The molecule has 1 aliphatic rings. The van der Waals surface area contributed by atoms with E-state index >= 15 is 0 Å². The van der Waals surface area contributed by atoms with Crippen LogP contribution in [0, 0.1) is 5.92 Å². The molecule has 0 bridgehead atoms. The minimum absolute atomic E-state index is 0.0549. The number of nitrogens with one attached hydrogen (secondary N) is 1. The van der Waals surface area contributed by atoms with Crippen molar-refractivity contribution in [2.24, 2.45) is 11.7 Å². The van der Waals surface area contributed by atoms with E-state index in [0.29, 0.717) is 30.5 Å². The summed E-state index contributed by atoms with van der Waals surface area (Å²) in [4.78, 5) is 14.1. The monoisotopic (exact) mass is 277 g/mol. The van der Waals surface area contributed by atoms with Gasteiger partial charge in [-0.25, -0.2) is 4.79 Å². The Kier molecular flexibility index (Phi) is 5.24. The van der Waals surface area contributed by atoms with Crippen molar-refractivity contribution in [2.45, 2.75) is 19.8 Å². The minimum Gasteiger partial charge on any atom is -0.490 e. The second kappa shape index (κ2) is 7.14. The van der Waals surface area contributed by atoms with Crippen LogP contribution in [0.15, 0.2) is 24.3 Å². The highest BCUT2D eigenvalue weighted by molar-refractivity contribution is 5.91. The minimum atomic E-state index is -0.0549. The topological polar surface area (TPSA) is 67.6 Å². The average Bonchev–Trinajstić information content (AvgIpc) is 2.47. The van der Waals surface area contributed by atoms with Gasteiger partial charge in [-0.3, -0.25) is 0 Å². The second-order valence-corrected chi connectivity index (χ2v) is 5.23. The van der Waals surface area contributed by atoms with Gasteiger partial charge in [0.1, 0.15) is 12.4 Å². The van der Waals surface area contributed by atoms with Crippen molar-refractivity contribution in [3.05, 3.63) is 24.3 Å². The van der Waals surface area contributed by atoms with Gasteiger partial charge in [0.25, 0.3) is 0 Å². The lowest BCUT2D eigenvalue weighted by Crippen LogP contribution is -2.40. The van der Waals surface area contributed by atoms with E-state index in [-0.39, 0.29) is 6.03 Å². The van der Waals surface area contributed by atoms with E-state index in [2.05, 4.69) is 12.2 Å². The standard InChI is InChI=1S/C15H23N3O2/c1-12-6-9-18(10-7-12)15(19)17-13-4-2-3-5-14(13)20-11-8-16/h2-5,12H,6-11,16H2,1H3,(H,17,19). The molecule has 1 aliphatic heterocycles. The number of amides is 2. The maximum Gasteiger partial charge on any atom is 0.321 e. The molecule has 1 heterocycles. The number of para-hydroxylation sites is 2. The molecule has 2 rings (SSSR count). The van der Waals surface area contributed by atoms with Crippen molar-refractivity contribution in [3.63, 3.8) is 0 Å². The normalized spacial score (nSPS) is 16.0. The molecule has 110 valence electrons. The van der Waals surface area contributed by atoms with Gasteiger partial charge in [-0.15, -0.1) is 0 Å². The van der Waals surface area contributed by atoms with Crippen LogP contribution in [0.25, 0.3) is 0 Å². The molecule has 5 heteroatoms. The van der Waals surface area contributed by atoms with E-state index in [0.717, 1.165) is 25.9 Å². The Morgan fingerprint density at radius 3 is 2.80 bits per heavy atom. The summed E-state index contributed by atoms with van der Waals surface area (Å²) in [5.41, 5.74) is 6.14. The van der Waals surface area contributed by atoms with Gasteiger partial charge in [-0.2, -0.15) is 0 Å². The Hall–Kier alpha value is -1.75. The third-order valence-corrected chi connectivity index (χ3v) is 3.57. The second-order valence-electron chi connectivity index (χ2n) is 5.23. The molecule has 0 radical (unpaired) electrons. The quantitative estimate of drug-likeness (QED) is 0.887. The molecule has 0 spiro atoms. The highest BCUT2D eigenvalue weighted by Gasteiger charge is 2.20. The van der Waals surface area contributed by atoms with Crippen LogP contribution in [-0.2, 0) is 0 Å².